The zero-order chi connectivity index (χ0) is 19.2. The quantitative estimate of drug-likeness (QED) is 0.545. The number of carbonyl (C=O) groups excluding carboxylic acids is 1. The molecule has 2 N–H and O–H groups in total. The zero-order valence-corrected chi connectivity index (χ0v) is 16.3. The monoisotopic (exact) mass is 443 g/mol. The summed E-state index contributed by atoms with van der Waals surface area (Å²) in [5, 5.41) is 12.5. The highest BCUT2D eigenvalue weighted by atomic mass is 79.9. The van der Waals surface area contributed by atoms with Crippen LogP contribution in [0.3, 0.4) is 0 Å². The average Bonchev–Trinajstić information content (AvgIpc) is 2.68. The van der Waals surface area contributed by atoms with Crippen molar-refractivity contribution >= 4 is 45.3 Å². The number of halogens is 1. The molecule has 3 aromatic rings. The van der Waals surface area contributed by atoms with Gasteiger partial charge in [0.2, 0.25) is 0 Å². The molecular formula is C19H14BrN3O3S. The van der Waals surface area contributed by atoms with E-state index >= 15 is 0 Å². The van der Waals surface area contributed by atoms with Gasteiger partial charge in [0, 0.05) is 10.2 Å². The number of anilines is 1. The van der Waals surface area contributed by atoms with Gasteiger partial charge in [0.15, 0.2) is 0 Å². The molecule has 0 bridgehead atoms. The molecule has 0 aliphatic rings. The van der Waals surface area contributed by atoms with Gasteiger partial charge in [0.1, 0.15) is 10.7 Å². The highest BCUT2D eigenvalue weighted by Gasteiger charge is 2.15. The topological polar surface area (TPSA) is 92.2 Å². The molecule has 2 aromatic carbocycles. The molecule has 0 radical (unpaired) electrons. The Kier molecular flexibility index (Phi) is 6.20. The second-order valence-electron chi connectivity index (χ2n) is 5.47. The van der Waals surface area contributed by atoms with Gasteiger partial charge in [-0.2, -0.15) is 0 Å². The Balaban J connectivity index is 1.73. The molecule has 1 amide bonds. The van der Waals surface area contributed by atoms with Crippen LogP contribution in [0.5, 0.6) is 0 Å². The average molecular weight is 444 g/mol. The van der Waals surface area contributed by atoms with Gasteiger partial charge in [-0.05, 0) is 23.8 Å². The molecule has 0 saturated heterocycles. The van der Waals surface area contributed by atoms with E-state index in [0.29, 0.717) is 15.3 Å². The lowest BCUT2D eigenvalue weighted by atomic mass is 10.2. The van der Waals surface area contributed by atoms with Gasteiger partial charge in [-0.3, -0.25) is 9.78 Å². The van der Waals surface area contributed by atoms with Gasteiger partial charge < -0.3 is 10.4 Å². The Labute approximate surface area is 168 Å². The number of aromatic carboxylic acids is 1. The number of nitrogens with one attached hydrogen (secondary N) is 1. The third-order valence-electron chi connectivity index (χ3n) is 3.53. The Morgan fingerprint density at radius 3 is 2.63 bits per heavy atom. The first kappa shape index (κ1) is 19.1. The number of aromatic nitrogens is 2. The summed E-state index contributed by atoms with van der Waals surface area (Å²) in [6, 6.07) is 14.5. The molecule has 1 heterocycles. The van der Waals surface area contributed by atoms with Gasteiger partial charge in [0.25, 0.3) is 5.91 Å². The molecule has 0 aliphatic carbocycles. The van der Waals surface area contributed by atoms with Crippen LogP contribution >= 0.6 is 27.7 Å². The molecule has 8 heteroatoms. The molecule has 0 unspecified atom stereocenters. The van der Waals surface area contributed by atoms with E-state index in [2.05, 4.69) is 31.2 Å². The smallest absolute Gasteiger partial charge is 0.337 e. The van der Waals surface area contributed by atoms with Crippen molar-refractivity contribution in [3.8, 4) is 0 Å². The summed E-state index contributed by atoms with van der Waals surface area (Å²) in [4.78, 5) is 32.2. The van der Waals surface area contributed by atoms with Gasteiger partial charge >= 0.3 is 5.97 Å². The number of benzene rings is 2. The van der Waals surface area contributed by atoms with E-state index in [0.717, 1.165) is 5.56 Å². The number of amides is 1. The summed E-state index contributed by atoms with van der Waals surface area (Å²) in [6.45, 7) is 0. The number of nitrogens with zero attached hydrogens (tertiary/aromatic N) is 2. The van der Waals surface area contributed by atoms with Crippen LogP contribution in [-0.2, 0) is 5.75 Å². The van der Waals surface area contributed by atoms with Crippen molar-refractivity contribution in [1.29, 1.82) is 0 Å². The van der Waals surface area contributed by atoms with Crippen LogP contribution in [0.15, 0.2) is 70.4 Å². The standard InChI is InChI=1S/C19H14BrN3O3S/c20-13-6-7-15(14(8-13)19(25)26)23-18(24)16-9-21-10-17(22-16)27-11-12-4-2-1-3-5-12/h1-10H,11H2,(H,23,24)(H,25,26). The van der Waals surface area contributed by atoms with Crippen molar-refractivity contribution in [2.24, 2.45) is 0 Å². The normalized spacial score (nSPS) is 10.4. The molecule has 6 nitrogen and oxygen atoms in total. The minimum Gasteiger partial charge on any atom is -0.478 e. The SMILES string of the molecule is O=C(Nc1ccc(Br)cc1C(=O)O)c1cncc(SCc2ccccc2)n1. The Morgan fingerprint density at radius 1 is 1.11 bits per heavy atom. The second kappa shape index (κ2) is 8.79. The Bertz CT molecular complexity index is 983. The molecule has 0 atom stereocenters. The lowest BCUT2D eigenvalue weighted by molar-refractivity contribution is 0.0698. The molecule has 0 aliphatic heterocycles. The van der Waals surface area contributed by atoms with Crippen molar-refractivity contribution in [2.45, 2.75) is 10.8 Å². The molecule has 0 fully saturated rings. The second-order valence-corrected chi connectivity index (χ2v) is 7.38. The fourth-order valence-corrected chi connectivity index (χ4v) is 3.41. The van der Waals surface area contributed by atoms with Crippen LogP contribution in [0.1, 0.15) is 26.4 Å². The molecule has 0 saturated carbocycles. The summed E-state index contributed by atoms with van der Waals surface area (Å²) in [5.41, 5.74) is 1.44. The minimum absolute atomic E-state index is 0.0136. The maximum Gasteiger partial charge on any atom is 0.337 e. The lowest BCUT2D eigenvalue weighted by Crippen LogP contribution is -2.16. The molecule has 27 heavy (non-hydrogen) atoms. The number of hydrogen-bond acceptors (Lipinski definition) is 5. The predicted molar refractivity (Wildman–Crippen MR) is 107 cm³/mol. The number of thioether (sulfide) groups is 1. The minimum atomic E-state index is -1.13. The van der Waals surface area contributed by atoms with Crippen molar-refractivity contribution in [3.05, 3.63) is 82.2 Å². The fraction of sp³-hybridized carbons (Fsp3) is 0.0526. The first-order chi connectivity index (χ1) is 13.0. The van der Waals surface area contributed by atoms with Crippen LogP contribution in [0.4, 0.5) is 5.69 Å². The molecule has 3 rings (SSSR count). The van der Waals surface area contributed by atoms with Gasteiger partial charge in [-0.1, -0.05) is 46.3 Å². The third kappa shape index (κ3) is 5.15. The van der Waals surface area contributed by atoms with E-state index < -0.39 is 11.9 Å². The van der Waals surface area contributed by atoms with E-state index in [1.54, 1.807) is 12.3 Å². The largest absolute Gasteiger partial charge is 0.478 e. The highest BCUT2D eigenvalue weighted by Crippen LogP contribution is 2.23. The first-order valence-corrected chi connectivity index (χ1v) is 9.64. The summed E-state index contributed by atoms with van der Waals surface area (Å²) in [7, 11) is 0. The summed E-state index contributed by atoms with van der Waals surface area (Å²) >= 11 is 4.69. The van der Waals surface area contributed by atoms with E-state index in [4.69, 9.17) is 0 Å². The fourth-order valence-electron chi connectivity index (χ4n) is 2.25. The van der Waals surface area contributed by atoms with Gasteiger partial charge in [0.05, 0.1) is 23.6 Å². The van der Waals surface area contributed by atoms with Crippen molar-refractivity contribution in [2.75, 3.05) is 5.32 Å². The number of carboxylic acid groups (broad SMARTS) is 1. The molecule has 1 aromatic heterocycles. The Hall–Kier alpha value is -2.71. The summed E-state index contributed by atoms with van der Waals surface area (Å²) in [5.74, 6) is -0.949. The van der Waals surface area contributed by atoms with Crippen molar-refractivity contribution in [1.82, 2.24) is 9.97 Å². The number of carbonyl (C=O) groups is 2. The van der Waals surface area contributed by atoms with Crippen LogP contribution in [-0.4, -0.2) is 27.0 Å². The predicted octanol–water partition coefficient (Wildman–Crippen LogP) is 4.48. The van der Waals surface area contributed by atoms with Crippen LogP contribution in [0, 0.1) is 0 Å². The first-order valence-electron chi connectivity index (χ1n) is 7.86. The maximum absolute atomic E-state index is 12.5. The van der Waals surface area contributed by atoms with Gasteiger partial charge in [-0.25, -0.2) is 9.78 Å². The molecular weight excluding hydrogens is 430 g/mol. The zero-order valence-electron chi connectivity index (χ0n) is 13.9. The molecule has 0 spiro atoms. The van der Waals surface area contributed by atoms with E-state index in [-0.39, 0.29) is 16.9 Å². The Morgan fingerprint density at radius 2 is 1.89 bits per heavy atom. The summed E-state index contributed by atoms with van der Waals surface area (Å²) in [6.07, 6.45) is 2.94. The van der Waals surface area contributed by atoms with Gasteiger partial charge in [-0.15, -0.1) is 11.8 Å². The highest BCUT2D eigenvalue weighted by molar-refractivity contribution is 9.10. The number of rotatable bonds is 6. The van der Waals surface area contributed by atoms with Crippen molar-refractivity contribution in [3.63, 3.8) is 0 Å². The van der Waals surface area contributed by atoms with Crippen LogP contribution in [0.25, 0.3) is 0 Å². The van der Waals surface area contributed by atoms with Crippen molar-refractivity contribution < 1.29 is 14.7 Å². The van der Waals surface area contributed by atoms with E-state index in [9.17, 15) is 14.7 Å². The van der Waals surface area contributed by atoms with E-state index in [1.165, 1.54) is 30.1 Å². The summed E-state index contributed by atoms with van der Waals surface area (Å²) < 4.78 is 0.608. The van der Waals surface area contributed by atoms with Crippen LogP contribution in [0.2, 0.25) is 0 Å². The maximum atomic E-state index is 12.5. The third-order valence-corrected chi connectivity index (χ3v) is 5.00. The lowest BCUT2D eigenvalue weighted by Gasteiger charge is -2.09. The number of hydrogen-bond donors (Lipinski definition) is 2. The molecule has 136 valence electrons. The number of carboxylic acids is 1. The van der Waals surface area contributed by atoms with Crippen LogP contribution < -0.4 is 5.32 Å². The van der Waals surface area contributed by atoms with E-state index in [1.807, 2.05) is 30.3 Å².